The third kappa shape index (κ3) is 4.21. The van der Waals surface area contributed by atoms with Crippen LogP contribution in [-0.4, -0.2) is 35.5 Å². The molecular formula is C12H23NO3. The maximum Gasteiger partial charge on any atom is 0.308 e. The van der Waals surface area contributed by atoms with Gasteiger partial charge < -0.3 is 10.0 Å². The lowest BCUT2D eigenvalue weighted by molar-refractivity contribution is -0.144. The Morgan fingerprint density at radius 3 is 2.00 bits per heavy atom. The fourth-order valence-electron chi connectivity index (χ4n) is 1.28. The molecule has 0 radical (unpaired) electrons. The number of carboxylic acid groups (broad SMARTS) is 1. The highest BCUT2D eigenvalue weighted by Gasteiger charge is 2.30. The van der Waals surface area contributed by atoms with Crippen LogP contribution in [0.3, 0.4) is 0 Å². The first-order valence-corrected chi connectivity index (χ1v) is 5.55. The molecule has 0 saturated heterocycles. The van der Waals surface area contributed by atoms with Crippen molar-refractivity contribution in [1.82, 2.24) is 4.90 Å². The summed E-state index contributed by atoms with van der Waals surface area (Å²) in [5, 5.41) is 8.77. The van der Waals surface area contributed by atoms with E-state index in [1.54, 1.807) is 14.0 Å². The molecule has 0 aromatic rings. The molecule has 0 aromatic heterocycles. The summed E-state index contributed by atoms with van der Waals surface area (Å²) in [5.41, 5.74) is -0.0994. The van der Waals surface area contributed by atoms with E-state index in [2.05, 4.69) is 0 Å². The van der Waals surface area contributed by atoms with Gasteiger partial charge in [-0.3, -0.25) is 9.59 Å². The minimum absolute atomic E-state index is 0.000556. The molecule has 4 heteroatoms. The van der Waals surface area contributed by atoms with Crippen molar-refractivity contribution < 1.29 is 14.7 Å². The summed E-state index contributed by atoms with van der Waals surface area (Å²) >= 11 is 0. The van der Waals surface area contributed by atoms with Crippen molar-refractivity contribution in [2.24, 2.45) is 17.3 Å². The Kier molecular flexibility index (Phi) is 4.97. The summed E-state index contributed by atoms with van der Waals surface area (Å²) < 4.78 is 0. The number of amides is 1. The summed E-state index contributed by atoms with van der Waals surface area (Å²) in [6.07, 6.45) is 0. The van der Waals surface area contributed by atoms with Crippen LogP contribution < -0.4 is 0 Å². The molecule has 94 valence electrons. The number of carboxylic acids is 1. The summed E-state index contributed by atoms with van der Waals surface area (Å²) in [6, 6.07) is 0. The standard InChI is InChI=1S/C12H23NO3/c1-8(11(15)16)7-13(6)10(14)9(2)12(3,4)5/h8-9H,7H2,1-6H3,(H,15,16). The molecule has 4 nitrogen and oxygen atoms in total. The maximum absolute atomic E-state index is 12.0. The Morgan fingerprint density at radius 2 is 1.69 bits per heavy atom. The average Bonchev–Trinajstić information content (AvgIpc) is 2.13. The number of nitrogens with zero attached hydrogens (tertiary/aromatic N) is 1. The normalized spacial score (nSPS) is 15.4. The summed E-state index contributed by atoms with van der Waals surface area (Å²) in [5.74, 6) is -1.51. The number of hydrogen-bond acceptors (Lipinski definition) is 2. The highest BCUT2D eigenvalue weighted by Crippen LogP contribution is 2.26. The lowest BCUT2D eigenvalue weighted by Crippen LogP contribution is -2.40. The van der Waals surface area contributed by atoms with Gasteiger partial charge in [0.25, 0.3) is 0 Å². The van der Waals surface area contributed by atoms with Crippen LogP contribution in [0.4, 0.5) is 0 Å². The van der Waals surface area contributed by atoms with E-state index in [4.69, 9.17) is 5.11 Å². The number of aliphatic carboxylic acids is 1. The second-order valence-electron chi connectivity index (χ2n) is 5.55. The molecule has 0 aromatic carbocycles. The highest BCUT2D eigenvalue weighted by molar-refractivity contribution is 5.79. The largest absolute Gasteiger partial charge is 0.481 e. The lowest BCUT2D eigenvalue weighted by Gasteiger charge is -2.30. The van der Waals surface area contributed by atoms with Gasteiger partial charge in [0.1, 0.15) is 0 Å². The van der Waals surface area contributed by atoms with Gasteiger partial charge in [-0.1, -0.05) is 34.6 Å². The second kappa shape index (κ2) is 5.32. The van der Waals surface area contributed by atoms with Crippen molar-refractivity contribution in [3.8, 4) is 0 Å². The van der Waals surface area contributed by atoms with E-state index in [9.17, 15) is 9.59 Å². The first-order chi connectivity index (χ1) is 7.07. The first kappa shape index (κ1) is 14.9. The second-order valence-corrected chi connectivity index (χ2v) is 5.55. The Morgan fingerprint density at radius 1 is 1.25 bits per heavy atom. The average molecular weight is 229 g/mol. The zero-order chi connectivity index (χ0) is 13.1. The van der Waals surface area contributed by atoms with Gasteiger partial charge in [-0.25, -0.2) is 0 Å². The summed E-state index contributed by atoms with van der Waals surface area (Å²) in [6.45, 7) is 9.75. The molecule has 0 aliphatic carbocycles. The summed E-state index contributed by atoms with van der Waals surface area (Å²) in [7, 11) is 1.66. The van der Waals surface area contributed by atoms with E-state index < -0.39 is 11.9 Å². The molecule has 16 heavy (non-hydrogen) atoms. The molecule has 0 saturated carbocycles. The van der Waals surface area contributed by atoms with E-state index in [1.165, 1.54) is 4.90 Å². The summed E-state index contributed by atoms with van der Waals surface area (Å²) in [4.78, 5) is 24.2. The van der Waals surface area contributed by atoms with E-state index in [-0.39, 0.29) is 23.8 Å². The molecule has 0 rings (SSSR count). The van der Waals surface area contributed by atoms with Gasteiger partial charge in [0.05, 0.1) is 5.92 Å². The molecule has 0 heterocycles. The molecule has 1 amide bonds. The van der Waals surface area contributed by atoms with Gasteiger partial charge in [-0.15, -0.1) is 0 Å². The van der Waals surface area contributed by atoms with Crippen molar-refractivity contribution in [1.29, 1.82) is 0 Å². The Labute approximate surface area is 97.6 Å². The predicted octanol–water partition coefficient (Wildman–Crippen LogP) is 1.85. The van der Waals surface area contributed by atoms with Crippen molar-refractivity contribution in [2.45, 2.75) is 34.6 Å². The molecule has 0 spiro atoms. The van der Waals surface area contributed by atoms with Gasteiger partial charge >= 0.3 is 5.97 Å². The van der Waals surface area contributed by atoms with Gasteiger partial charge in [0.15, 0.2) is 0 Å². The van der Waals surface area contributed by atoms with Crippen LogP contribution in [0.15, 0.2) is 0 Å². The van der Waals surface area contributed by atoms with Crippen LogP contribution in [0, 0.1) is 17.3 Å². The number of hydrogen-bond donors (Lipinski definition) is 1. The van der Waals surface area contributed by atoms with Crippen molar-refractivity contribution >= 4 is 11.9 Å². The zero-order valence-electron chi connectivity index (χ0n) is 11.1. The van der Waals surface area contributed by atoms with Gasteiger partial charge in [-0.2, -0.15) is 0 Å². The van der Waals surface area contributed by atoms with Crippen molar-refractivity contribution in [2.75, 3.05) is 13.6 Å². The molecule has 0 aliphatic heterocycles. The minimum Gasteiger partial charge on any atom is -0.481 e. The Bertz CT molecular complexity index is 268. The van der Waals surface area contributed by atoms with Crippen LogP contribution in [-0.2, 0) is 9.59 Å². The fourth-order valence-corrected chi connectivity index (χ4v) is 1.28. The topological polar surface area (TPSA) is 57.6 Å². The van der Waals surface area contributed by atoms with E-state index in [0.717, 1.165) is 0 Å². The third-order valence-electron chi connectivity index (χ3n) is 3.01. The van der Waals surface area contributed by atoms with E-state index in [0.29, 0.717) is 0 Å². The van der Waals surface area contributed by atoms with Gasteiger partial charge in [0.2, 0.25) is 5.91 Å². The molecule has 2 atom stereocenters. The molecule has 0 aliphatic rings. The smallest absolute Gasteiger partial charge is 0.308 e. The maximum atomic E-state index is 12.0. The van der Waals surface area contributed by atoms with Crippen molar-refractivity contribution in [3.63, 3.8) is 0 Å². The highest BCUT2D eigenvalue weighted by atomic mass is 16.4. The molecule has 2 unspecified atom stereocenters. The minimum atomic E-state index is -0.872. The Hall–Kier alpha value is -1.06. The molecule has 1 N–H and O–H groups in total. The molecule has 0 bridgehead atoms. The van der Waals surface area contributed by atoms with E-state index in [1.807, 2.05) is 27.7 Å². The van der Waals surface area contributed by atoms with Crippen LogP contribution in [0.2, 0.25) is 0 Å². The predicted molar refractivity (Wildman–Crippen MR) is 63.1 cm³/mol. The van der Waals surface area contributed by atoms with Gasteiger partial charge in [-0.05, 0) is 5.41 Å². The van der Waals surface area contributed by atoms with Gasteiger partial charge in [0, 0.05) is 19.5 Å². The first-order valence-electron chi connectivity index (χ1n) is 5.55. The zero-order valence-corrected chi connectivity index (χ0v) is 11.1. The third-order valence-corrected chi connectivity index (χ3v) is 3.01. The van der Waals surface area contributed by atoms with Crippen molar-refractivity contribution in [3.05, 3.63) is 0 Å². The molecular weight excluding hydrogens is 206 g/mol. The fraction of sp³-hybridized carbons (Fsp3) is 0.833. The Balaban J connectivity index is 4.46. The SMILES string of the molecule is CC(CN(C)C(=O)C(C)C(C)(C)C)C(=O)O. The molecule has 0 fully saturated rings. The number of carbonyl (C=O) groups is 2. The van der Waals surface area contributed by atoms with Crippen LogP contribution in [0.25, 0.3) is 0 Å². The van der Waals surface area contributed by atoms with Crippen LogP contribution in [0.5, 0.6) is 0 Å². The van der Waals surface area contributed by atoms with Crippen LogP contribution in [0.1, 0.15) is 34.6 Å². The number of rotatable bonds is 4. The lowest BCUT2D eigenvalue weighted by atomic mass is 9.81. The quantitative estimate of drug-likeness (QED) is 0.800. The number of carbonyl (C=O) groups excluding carboxylic acids is 1. The van der Waals surface area contributed by atoms with Crippen LogP contribution >= 0.6 is 0 Å². The monoisotopic (exact) mass is 229 g/mol. The van der Waals surface area contributed by atoms with E-state index >= 15 is 0 Å².